The summed E-state index contributed by atoms with van der Waals surface area (Å²) in [5.41, 5.74) is 0.600. The van der Waals surface area contributed by atoms with Gasteiger partial charge in [-0.2, -0.15) is 0 Å². The number of rotatable bonds is 3. The molecule has 100 valence electrons. The summed E-state index contributed by atoms with van der Waals surface area (Å²) in [5.74, 6) is -1.37. The highest BCUT2D eigenvalue weighted by molar-refractivity contribution is 5.83. The predicted molar refractivity (Wildman–Crippen MR) is 60.4 cm³/mol. The van der Waals surface area contributed by atoms with Crippen LogP contribution in [0.3, 0.4) is 0 Å². The van der Waals surface area contributed by atoms with Gasteiger partial charge in [0.15, 0.2) is 0 Å². The van der Waals surface area contributed by atoms with E-state index in [-0.39, 0.29) is 6.10 Å². The van der Waals surface area contributed by atoms with Gasteiger partial charge in [-0.25, -0.2) is 4.79 Å². The van der Waals surface area contributed by atoms with E-state index in [1.54, 1.807) is 0 Å². The van der Waals surface area contributed by atoms with Crippen LogP contribution in [0.4, 0.5) is 0 Å². The van der Waals surface area contributed by atoms with E-state index in [0.717, 1.165) is 0 Å². The maximum absolute atomic E-state index is 11.2. The lowest BCUT2D eigenvalue weighted by Crippen LogP contribution is -2.17. The summed E-state index contributed by atoms with van der Waals surface area (Å²) in [5, 5.41) is 0. The molecule has 0 radical (unpaired) electrons. The average Bonchev–Trinajstić information content (AvgIpc) is 2.58. The van der Waals surface area contributed by atoms with Crippen LogP contribution in [-0.4, -0.2) is 37.2 Å². The molecular weight excluding hydrogens is 240 g/mol. The molecule has 1 rings (SSSR count). The Labute approximate surface area is 105 Å². The van der Waals surface area contributed by atoms with Crippen molar-refractivity contribution in [3.63, 3.8) is 0 Å². The molecular formula is C12H16O6. The van der Waals surface area contributed by atoms with E-state index in [2.05, 4.69) is 4.74 Å². The van der Waals surface area contributed by atoms with Crippen LogP contribution in [0.1, 0.15) is 26.7 Å². The molecule has 1 saturated carbocycles. The summed E-state index contributed by atoms with van der Waals surface area (Å²) in [7, 11) is 1.26. The van der Waals surface area contributed by atoms with Gasteiger partial charge in [0.05, 0.1) is 7.11 Å². The van der Waals surface area contributed by atoms with E-state index in [1.165, 1.54) is 27.0 Å². The van der Waals surface area contributed by atoms with E-state index in [1.807, 2.05) is 0 Å². The Morgan fingerprint density at radius 1 is 1.17 bits per heavy atom. The van der Waals surface area contributed by atoms with Crippen molar-refractivity contribution in [3.8, 4) is 0 Å². The van der Waals surface area contributed by atoms with Gasteiger partial charge in [0.2, 0.25) is 0 Å². The van der Waals surface area contributed by atoms with Crippen molar-refractivity contribution < 1.29 is 28.6 Å². The molecule has 0 saturated heterocycles. The fraction of sp³-hybridized carbons (Fsp3) is 0.583. The maximum atomic E-state index is 11.2. The Morgan fingerprint density at radius 3 is 2.28 bits per heavy atom. The van der Waals surface area contributed by atoms with E-state index >= 15 is 0 Å². The highest BCUT2D eigenvalue weighted by atomic mass is 16.6. The molecule has 0 aromatic carbocycles. The summed E-state index contributed by atoms with van der Waals surface area (Å²) in [6, 6.07) is 0. The number of methoxy groups -OCH3 is 1. The Bertz CT molecular complexity index is 384. The monoisotopic (exact) mass is 256 g/mol. The molecule has 0 aromatic rings. The zero-order valence-corrected chi connectivity index (χ0v) is 10.6. The van der Waals surface area contributed by atoms with Gasteiger partial charge in [0.1, 0.15) is 12.2 Å². The van der Waals surface area contributed by atoms with Crippen molar-refractivity contribution in [2.45, 2.75) is 38.9 Å². The third-order valence-corrected chi connectivity index (χ3v) is 2.50. The molecule has 6 heteroatoms. The summed E-state index contributed by atoms with van der Waals surface area (Å²) in [4.78, 5) is 33.0. The molecule has 0 aliphatic heterocycles. The van der Waals surface area contributed by atoms with Crippen LogP contribution in [-0.2, 0) is 28.6 Å². The standard InChI is InChI=1S/C12H16O6/c1-7(13)17-10-4-9(5-12(15)16-3)11(6-10)18-8(2)14/h5,10-11H,4,6H2,1-3H3/b9-5-. The van der Waals surface area contributed by atoms with Crippen molar-refractivity contribution in [3.05, 3.63) is 11.6 Å². The minimum atomic E-state index is -0.536. The quantitative estimate of drug-likeness (QED) is 0.421. The fourth-order valence-electron chi connectivity index (χ4n) is 1.88. The zero-order chi connectivity index (χ0) is 13.7. The van der Waals surface area contributed by atoms with E-state index < -0.39 is 24.0 Å². The topological polar surface area (TPSA) is 78.9 Å². The van der Waals surface area contributed by atoms with E-state index in [9.17, 15) is 14.4 Å². The van der Waals surface area contributed by atoms with E-state index in [4.69, 9.17) is 9.47 Å². The smallest absolute Gasteiger partial charge is 0.330 e. The lowest BCUT2D eigenvalue weighted by molar-refractivity contribution is -0.148. The normalized spacial score (nSPS) is 24.7. The van der Waals surface area contributed by atoms with E-state index in [0.29, 0.717) is 18.4 Å². The summed E-state index contributed by atoms with van der Waals surface area (Å²) >= 11 is 0. The number of esters is 3. The minimum absolute atomic E-state index is 0.363. The van der Waals surface area contributed by atoms with Crippen LogP contribution in [0.2, 0.25) is 0 Å². The van der Waals surface area contributed by atoms with Crippen LogP contribution in [0.25, 0.3) is 0 Å². The molecule has 0 amide bonds. The molecule has 1 aliphatic carbocycles. The Hall–Kier alpha value is -1.85. The molecule has 0 bridgehead atoms. The van der Waals surface area contributed by atoms with Crippen molar-refractivity contribution >= 4 is 17.9 Å². The second-order valence-corrected chi connectivity index (χ2v) is 4.01. The lowest BCUT2D eigenvalue weighted by atomic mass is 10.2. The minimum Gasteiger partial charge on any atom is -0.466 e. The van der Waals surface area contributed by atoms with Crippen LogP contribution in [0, 0.1) is 0 Å². The third-order valence-electron chi connectivity index (χ3n) is 2.50. The van der Waals surface area contributed by atoms with Crippen molar-refractivity contribution in [1.82, 2.24) is 0 Å². The van der Waals surface area contributed by atoms with Crippen molar-refractivity contribution in [2.75, 3.05) is 7.11 Å². The molecule has 18 heavy (non-hydrogen) atoms. The van der Waals surface area contributed by atoms with Gasteiger partial charge in [-0.05, 0) is 5.57 Å². The molecule has 2 unspecified atom stereocenters. The van der Waals surface area contributed by atoms with Crippen LogP contribution in [0.15, 0.2) is 11.6 Å². The number of carbonyl (C=O) groups is 3. The highest BCUT2D eigenvalue weighted by Gasteiger charge is 2.34. The zero-order valence-electron chi connectivity index (χ0n) is 10.6. The second kappa shape index (κ2) is 6.18. The number of ether oxygens (including phenoxy) is 3. The Morgan fingerprint density at radius 2 is 1.78 bits per heavy atom. The first-order valence-corrected chi connectivity index (χ1v) is 5.55. The van der Waals surface area contributed by atoms with Gasteiger partial charge in [0, 0.05) is 32.8 Å². The van der Waals surface area contributed by atoms with Crippen molar-refractivity contribution in [1.29, 1.82) is 0 Å². The molecule has 0 spiro atoms. The van der Waals surface area contributed by atoms with Gasteiger partial charge >= 0.3 is 17.9 Å². The first kappa shape index (κ1) is 14.2. The summed E-state index contributed by atoms with van der Waals surface area (Å²) < 4.78 is 14.6. The Balaban J connectivity index is 2.77. The number of carbonyl (C=O) groups excluding carboxylic acids is 3. The van der Waals surface area contributed by atoms with Crippen LogP contribution < -0.4 is 0 Å². The molecule has 0 N–H and O–H groups in total. The van der Waals surface area contributed by atoms with Gasteiger partial charge in [-0.1, -0.05) is 0 Å². The maximum Gasteiger partial charge on any atom is 0.330 e. The highest BCUT2D eigenvalue weighted by Crippen LogP contribution is 2.30. The molecule has 1 aliphatic rings. The second-order valence-electron chi connectivity index (χ2n) is 4.01. The Kier molecular flexibility index (Phi) is 4.88. The largest absolute Gasteiger partial charge is 0.466 e. The fourth-order valence-corrected chi connectivity index (χ4v) is 1.88. The SMILES string of the molecule is COC(=O)/C=C1/CC(OC(C)=O)CC1OC(C)=O. The van der Waals surface area contributed by atoms with Gasteiger partial charge < -0.3 is 14.2 Å². The summed E-state index contributed by atoms with van der Waals surface area (Å²) in [6.45, 7) is 2.60. The molecule has 0 aromatic heterocycles. The van der Waals surface area contributed by atoms with Crippen LogP contribution >= 0.6 is 0 Å². The number of hydrogen-bond acceptors (Lipinski definition) is 6. The summed E-state index contributed by atoms with van der Waals surface area (Å²) in [6.07, 6.45) is 1.10. The molecule has 2 atom stereocenters. The van der Waals surface area contributed by atoms with Gasteiger partial charge in [-0.15, -0.1) is 0 Å². The van der Waals surface area contributed by atoms with Crippen molar-refractivity contribution in [2.24, 2.45) is 0 Å². The first-order valence-electron chi connectivity index (χ1n) is 5.55. The lowest BCUT2D eigenvalue weighted by Gasteiger charge is -2.12. The van der Waals surface area contributed by atoms with Gasteiger partial charge in [0.25, 0.3) is 0 Å². The molecule has 1 fully saturated rings. The molecule has 0 heterocycles. The first-order chi connectivity index (χ1) is 8.42. The molecule has 6 nitrogen and oxygen atoms in total. The average molecular weight is 256 g/mol. The van der Waals surface area contributed by atoms with Crippen LogP contribution in [0.5, 0.6) is 0 Å². The van der Waals surface area contributed by atoms with Gasteiger partial charge in [-0.3, -0.25) is 9.59 Å². The predicted octanol–water partition coefficient (Wildman–Crippen LogP) is 0.743. The third kappa shape index (κ3) is 4.20. The number of hydrogen-bond donors (Lipinski definition) is 0.